The molecule has 2 heterocycles. The molecule has 0 amide bonds. The van der Waals surface area contributed by atoms with Crippen LogP contribution in [0, 0.1) is 11.3 Å². The fraction of sp³-hybridized carbons (Fsp3) is 0.176. The van der Waals surface area contributed by atoms with E-state index < -0.39 is 27.5 Å². The molecule has 0 bridgehead atoms. The Morgan fingerprint density at radius 1 is 1.19 bits per heavy atom. The third-order valence-electron chi connectivity index (χ3n) is 3.76. The number of hydrogen-bond donors (Lipinski definition) is 1. The second-order valence-electron chi connectivity index (χ2n) is 5.77. The maximum Gasteiger partial charge on any atom is 0.416 e. The molecule has 0 atom stereocenters. The molecule has 162 valence electrons. The SMILES string of the molecule is N#Cc1nn(-c2c(Cl)cc(C(F)(F)F)cc2Cl)c(NCc2cnccn2)c1SC(F)F. The molecule has 31 heavy (non-hydrogen) atoms. The lowest BCUT2D eigenvalue weighted by Gasteiger charge is -2.15. The van der Waals surface area contributed by atoms with Crippen LogP contribution in [0.5, 0.6) is 0 Å². The lowest BCUT2D eigenvalue weighted by molar-refractivity contribution is -0.137. The van der Waals surface area contributed by atoms with Crippen molar-refractivity contribution in [2.45, 2.75) is 23.4 Å². The van der Waals surface area contributed by atoms with Gasteiger partial charge in [-0.05, 0) is 23.9 Å². The first-order valence-electron chi connectivity index (χ1n) is 8.15. The van der Waals surface area contributed by atoms with Gasteiger partial charge in [0, 0.05) is 12.4 Å². The van der Waals surface area contributed by atoms with E-state index in [1.807, 2.05) is 0 Å². The molecule has 0 saturated heterocycles. The van der Waals surface area contributed by atoms with Crippen molar-refractivity contribution in [3.05, 3.63) is 57.7 Å². The maximum atomic E-state index is 13.1. The standard InChI is InChI=1S/C17H9Cl2F5N6S/c18-10-3-8(17(22,23)24)4-11(19)13(10)30-15(28-7-9-6-26-1-2-27-9)14(31-16(20)21)12(5-25)29-30/h1-4,6,16,28H,7H2. The molecule has 0 spiro atoms. The molecule has 14 heteroatoms. The highest BCUT2D eigenvalue weighted by molar-refractivity contribution is 7.99. The molecule has 0 aliphatic carbocycles. The van der Waals surface area contributed by atoms with Gasteiger partial charge in [0.25, 0.3) is 5.76 Å². The predicted octanol–water partition coefficient (Wildman–Crippen LogP) is 5.79. The van der Waals surface area contributed by atoms with Crippen LogP contribution in [-0.4, -0.2) is 25.5 Å². The Morgan fingerprint density at radius 3 is 2.39 bits per heavy atom. The number of aromatic nitrogens is 4. The average molecular weight is 495 g/mol. The fourth-order valence-corrected chi connectivity index (χ4v) is 3.82. The fourth-order valence-electron chi connectivity index (χ4n) is 2.52. The molecule has 0 unspecified atom stereocenters. The molecule has 0 radical (unpaired) electrons. The number of alkyl halides is 5. The minimum Gasteiger partial charge on any atom is -0.363 e. The lowest BCUT2D eigenvalue weighted by Crippen LogP contribution is -2.11. The van der Waals surface area contributed by atoms with E-state index in [0.29, 0.717) is 17.8 Å². The number of nitrogens with one attached hydrogen (secondary N) is 1. The highest BCUT2D eigenvalue weighted by Gasteiger charge is 2.33. The summed E-state index contributed by atoms with van der Waals surface area (Å²) in [4.78, 5) is 7.69. The van der Waals surface area contributed by atoms with E-state index in [-0.39, 0.29) is 40.4 Å². The number of nitriles is 1. The van der Waals surface area contributed by atoms with E-state index in [1.165, 1.54) is 18.6 Å². The van der Waals surface area contributed by atoms with Gasteiger partial charge in [0.1, 0.15) is 17.6 Å². The van der Waals surface area contributed by atoms with Crippen LogP contribution in [0.25, 0.3) is 5.69 Å². The van der Waals surface area contributed by atoms with Gasteiger partial charge in [-0.15, -0.1) is 0 Å². The summed E-state index contributed by atoms with van der Waals surface area (Å²) in [6, 6.07) is 2.94. The van der Waals surface area contributed by atoms with Crippen molar-refractivity contribution in [1.29, 1.82) is 5.26 Å². The zero-order valence-electron chi connectivity index (χ0n) is 15.0. The summed E-state index contributed by atoms with van der Waals surface area (Å²) < 4.78 is 66.3. The molecule has 0 aliphatic heterocycles. The van der Waals surface area contributed by atoms with Crippen LogP contribution in [0.4, 0.5) is 27.8 Å². The molecule has 1 N–H and O–H groups in total. The summed E-state index contributed by atoms with van der Waals surface area (Å²) >= 11 is 12.1. The normalized spacial score (nSPS) is 11.6. The molecule has 6 nitrogen and oxygen atoms in total. The largest absolute Gasteiger partial charge is 0.416 e. The second-order valence-corrected chi connectivity index (χ2v) is 7.58. The Labute approximate surface area is 186 Å². The van der Waals surface area contributed by atoms with E-state index in [4.69, 9.17) is 23.2 Å². The van der Waals surface area contributed by atoms with Crippen molar-refractivity contribution in [2.24, 2.45) is 0 Å². The van der Waals surface area contributed by atoms with Crippen molar-refractivity contribution in [1.82, 2.24) is 19.7 Å². The summed E-state index contributed by atoms with van der Waals surface area (Å²) in [5.74, 6) is -3.02. The third kappa shape index (κ3) is 5.17. The first-order valence-corrected chi connectivity index (χ1v) is 9.78. The van der Waals surface area contributed by atoms with Gasteiger partial charge < -0.3 is 5.32 Å². The Hall–Kier alpha value is -2.62. The Morgan fingerprint density at radius 2 is 1.87 bits per heavy atom. The van der Waals surface area contributed by atoms with Gasteiger partial charge in [-0.2, -0.15) is 32.3 Å². The summed E-state index contributed by atoms with van der Waals surface area (Å²) in [5, 5.41) is 15.2. The minimum absolute atomic E-state index is 0.0168. The molecule has 1 aromatic carbocycles. The molecular formula is C17H9Cl2F5N6S. The number of thioether (sulfide) groups is 1. The lowest BCUT2D eigenvalue weighted by atomic mass is 10.2. The second kappa shape index (κ2) is 9.25. The Kier molecular flexibility index (Phi) is 6.88. The third-order valence-corrected chi connectivity index (χ3v) is 5.14. The predicted molar refractivity (Wildman–Crippen MR) is 105 cm³/mol. The van der Waals surface area contributed by atoms with Crippen molar-refractivity contribution in [2.75, 3.05) is 5.32 Å². The van der Waals surface area contributed by atoms with Crippen molar-refractivity contribution < 1.29 is 22.0 Å². The first-order chi connectivity index (χ1) is 14.6. The number of rotatable bonds is 6. The molecule has 0 aliphatic rings. The number of hydrogen-bond acceptors (Lipinski definition) is 6. The monoisotopic (exact) mass is 494 g/mol. The van der Waals surface area contributed by atoms with Crippen LogP contribution < -0.4 is 5.32 Å². The topological polar surface area (TPSA) is 79.4 Å². The quantitative estimate of drug-likeness (QED) is 0.345. The van der Waals surface area contributed by atoms with Crippen LogP contribution in [0.2, 0.25) is 10.0 Å². The average Bonchev–Trinajstić information content (AvgIpc) is 3.02. The van der Waals surface area contributed by atoms with Gasteiger partial charge in [0.2, 0.25) is 0 Å². The van der Waals surface area contributed by atoms with Crippen LogP contribution in [0.15, 0.2) is 35.6 Å². The van der Waals surface area contributed by atoms with Gasteiger partial charge in [-0.25, -0.2) is 4.68 Å². The molecule has 2 aromatic heterocycles. The zero-order valence-corrected chi connectivity index (χ0v) is 17.3. The molecule has 0 fully saturated rings. The van der Waals surface area contributed by atoms with E-state index in [9.17, 15) is 27.2 Å². The summed E-state index contributed by atoms with van der Waals surface area (Å²) in [6.45, 7) is -0.0168. The van der Waals surface area contributed by atoms with Crippen LogP contribution in [0.1, 0.15) is 17.0 Å². The first kappa shape index (κ1) is 23.1. The van der Waals surface area contributed by atoms with Crippen molar-refractivity contribution in [3.8, 4) is 11.8 Å². The van der Waals surface area contributed by atoms with E-state index >= 15 is 0 Å². The molecule has 3 rings (SSSR count). The van der Waals surface area contributed by atoms with Gasteiger partial charge >= 0.3 is 6.18 Å². The van der Waals surface area contributed by atoms with Crippen molar-refractivity contribution in [3.63, 3.8) is 0 Å². The Bertz CT molecular complexity index is 1110. The summed E-state index contributed by atoms with van der Waals surface area (Å²) in [5.41, 5.74) is -1.28. The van der Waals surface area contributed by atoms with Crippen LogP contribution in [-0.2, 0) is 12.7 Å². The maximum absolute atomic E-state index is 13.1. The van der Waals surface area contributed by atoms with E-state index in [2.05, 4.69) is 20.4 Å². The highest BCUT2D eigenvalue weighted by Crippen LogP contribution is 2.42. The van der Waals surface area contributed by atoms with Crippen LogP contribution in [0.3, 0.4) is 0 Å². The van der Waals surface area contributed by atoms with Gasteiger partial charge in [-0.1, -0.05) is 23.2 Å². The summed E-state index contributed by atoms with van der Waals surface area (Å²) in [6.07, 6.45) is -0.455. The number of benzene rings is 1. The smallest absolute Gasteiger partial charge is 0.363 e. The minimum atomic E-state index is -4.71. The van der Waals surface area contributed by atoms with Gasteiger partial charge in [-0.3, -0.25) is 9.97 Å². The van der Waals surface area contributed by atoms with Gasteiger partial charge in [0.05, 0.1) is 38.9 Å². The van der Waals surface area contributed by atoms with Gasteiger partial charge in [0.15, 0.2) is 5.69 Å². The van der Waals surface area contributed by atoms with E-state index in [1.54, 1.807) is 6.07 Å². The Balaban J connectivity index is 2.15. The molecule has 0 saturated carbocycles. The number of anilines is 1. The van der Waals surface area contributed by atoms with Crippen molar-refractivity contribution >= 4 is 40.8 Å². The summed E-state index contributed by atoms with van der Waals surface area (Å²) in [7, 11) is 0. The number of nitrogens with zero attached hydrogens (tertiary/aromatic N) is 5. The highest BCUT2D eigenvalue weighted by atomic mass is 35.5. The number of halogens is 7. The molecular weight excluding hydrogens is 486 g/mol. The van der Waals surface area contributed by atoms with Crippen LogP contribution >= 0.6 is 35.0 Å². The molecule has 3 aromatic rings. The van der Waals surface area contributed by atoms with E-state index in [0.717, 1.165) is 4.68 Å². The zero-order chi connectivity index (χ0) is 22.8.